The van der Waals surface area contributed by atoms with E-state index in [1.165, 1.54) is 39.7 Å². The summed E-state index contributed by atoms with van der Waals surface area (Å²) in [5.41, 5.74) is 0.628. The van der Waals surface area contributed by atoms with Crippen molar-refractivity contribution >= 4 is 80.1 Å². The molecule has 4 aliphatic rings. The summed E-state index contributed by atoms with van der Waals surface area (Å²) in [6, 6.07) is 5.09. The second kappa shape index (κ2) is 22.5. The lowest BCUT2D eigenvalue weighted by molar-refractivity contribution is -0.118. The quantitative estimate of drug-likeness (QED) is 0.0479. The van der Waals surface area contributed by atoms with Gasteiger partial charge in [0, 0.05) is 49.1 Å². The molecule has 0 unspecified atom stereocenters. The lowest BCUT2D eigenvalue weighted by Gasteiger charge is -2.47. The maximum absolute atomic E-state index is 15.9. The van der Waals surface area contributed by atoms with Gasteiger partial charge in [0.1, 0.15) is 41.4 Å². The Labute approximate surface area is 457 Å². The zero-order chi connectivity index (χ0) is 55.0. The molecule has 4 aromatic heterocycles. The molecule has 4 fully saturated rings. The zero-order valence-corrected chi connectivity index (χ0v) is 44.8. The molecule has 0 aliphatic carbocycles. The molecule has 21 nitrogen and oxygen atoms in total. The van der Waals surface area contributed by atoms with Crippen LogP contribution in [0.5, 0.6) is 23.0 Å². The first-order chi connectivity index (χ1) is 37.6. The van der Waals surface area contributed by atoms with Gasteiger partial charge in [-0.25, -0.2) is 38.7 Å². The van der Waals surface area contributed by atoms with Gasteiger partial charge in [-0.2, -0.15) is 0 Å². The Morgan fingerprint density at radius 2 is 1.15 bits per heavy atom. The molecular formula is C53H56Cl2F2N12O9. The number of pyridine rings is 2. The largest absolute Gasteiger partial charge is 0.495 e. The number of amides is 2. The van der Waals surface area contributed by atoms with Gasteiger partial charge in [-0.1, -0.05) is 50.2 Å². The Bertz CT molecular complexity index is 3300. The first-order valence-electron chi connectivity index (χ1n) is 24.9. The van der Waals surface area contributed by atoms with Crippen molar-refractivity contribution < 1.29 is 51.5 Å². The van der Waals surface area contributed by atoms with Crippen LogP contribution in [0.4, 0.5) is 32.1 Å². The Morgan fingerprint density at radius 3 is 1.65 bits per heavy atom. The minimum Gasteiger partial charge on any atom is -0.495 e. The van der Waals surface area contributed by atoms with Crippen molar-refractivity contribution in [3.63, 3.8) is 0 Å². The van der Waals surface area contributed by atoms with Crippen LogP contribution in [0.2, 0.25) is 10.0 Å². The van der Waals surface area contributed by atoms with Crippen LogP contribution in [0.25, 0.3) is 44.6 Å². The van der Waals surface area contributed by atoms with Gasteiger partial charge >= 0.3 is 0 Å². The Morgan fingerprint density at radius 1 is 0.679 bits per heavy atom. The number of carbonyl (C=O) groups is 2. The van der Waals surface area contributed by atoms with Crippen molar-refractivity contribution in [2.75, 3.05) is 108 Å². The molecule has 78 heavy (non-hydrogen) atoms. The van der Waals surface area contributed by atoms with Gasteiger partial charge in [0.2, 0.25) is 11.8 Å². The number of methoxy groups -OCH3 is 3. The summed E-state index contributed by atoms with van der Waals surface area (Å²) in [5.74, 6) is -0.682. The summed E-state index contributed by atoms with van der Waals surface area (Å²) in [7, 11) is 4.00. The molecule has 0 saturated carbocycles. The topological polar surface area (TPSA) is 231 Å². The molecule has 10 rings (SSSR count). The van der Waals surface area contributed by atoms with E-state index in [-0.39, 0.29) is 112 Å². The maximum atomic E-state index is 15.9. The number of hydrogen-bond donors (Lipinski definition) is 4. The Kier molecular flexibility index (Phi) is 15.6. The number of anilines is 4. The highest BCUT2D eigenvalue weighted by Crippen LogP contribution is 2.47. The lowest BCUT2D eigenvalue weighted by atomic mass is 9.84. The van der Waals surface area contributed by atoms with E-state index in [0.29, 0.717) is 78.2 Å². The smallest absolute Gasteiger partial charge is 0.243 e. The molecule has 410 valence electrons. The maximum Gasteiger partial charge on any atom is 0.243 e. The summed E-state index contributed by atoms with van der Waals surface area (Å²) in [5, 5.41) is 14.1. The second-order valence-corrected chi connectivity index (χ2v) is 20.5. The van der Waals surface area contributed by atoms with Crippen molar-refractivity contribution in [2.45, 2.75) is 44.1 Å². The molecule has 4 atom stereocenters. The third-order valence-electron chi connectivity index (χ3n) is 13.7. The highest BCUT2D eigenvalue weighted by atomic mass is 35.5. The number of benzene rings is 2. The molecule has 2 amide bonds. The molecule has 4 saturated heterocycles. The fourth-order valence-corrected chi connectivity index (χ4v) is 10.4. The van der Waals surface area contributed by atoms with Crippen LogP contribution in [0.15, 0.2) is 62.0 Å². The highest BCUT2D eigenvalue weighted by molar-refractivity contribution is 6.41. The van der Waals surface area contributed by atoms with E-state index in [2.05, 4.69) is 68.1 Å². The fourth-order valence-electron chi connectivity index (χ4n) is 9.78. The van der Waals surface area contributed by atoms with Crippen LogP contribution >= 0.6 is 23.2 Å². The molecular weight excluding hydrogens is 1060 g/mol. The van der Waals surface area contributed by atoms with E-state index >= 15 is 8.78 Å². The SMILES string of the molecule is C=CC(=O)N[C@H]1COC[C@H]1Nc1cc2c(N3CC(OCCOc4cc(OC)c(Cl)c(-c5nc(N6CC(C)(C)C6)c6cc(N[C@@H]7COC[C@@H]7NC(=O)C=C)ncc6n5)c4Cl)C3)nc(-c3c(F)c(OC)cc(OC)c3F)nc2cn1. The summed E-state index contributed by atoms with van der Waals surface area (Å²) < 4.78 is 71.8. The minimum atomic E-state index is -1.01. The summed E-state index contributed by atoms with van der Waals surface area (Å²) in [6.07, 6.45) is 5.22. The fraction of sp³-hybridized carbons (Fsp3) is 0.396. The van der Waals surface area contributed by atoms with E-state index < -0.39 is 17.2 Å². The van der Waals surface area contributed by atoms with Crippen LogP contribution in [0, 0.1) is 17.0 Å². The molecule has 4 aliphatic heterocycles. The van der Waals surface area contributed by atoms with E-state index in [1.807, 2.05) is 11.0 Å². The summed E-state index contributed by atoms with van der Waals surface area (Å²) in [6.45, 7) is 15.0. The van der Waals surface area contributed by atoms with Gasteiger partial charge in [-0.3, -0.25) is 9.59 Å². The summed E-state index contributed by atoms with van der Waals surface area (Å²) in [4.78, 5) is 56.9. The van der Waals surface area contributed by atoms with Crippen molar-refractivity contribution in [2.24, 2.45) is 5.41 Å². The number of carbonyl (C=O) groups excluding carboxylic acids is 2. The molecule has 8 heterocycles. The van der Waals surface area contributed by atoms with Gasteiger partial charge in [0.15, 0.2) is 34.8 Å². The molecule has 2 aromatic carbocycles. The Balaban J connectivity index is 0.871. The number of nitrogens with one attached hydrogen (secondary N) is 4. The normalized spacial score (nSPS) is 19.7. The third kappa shape index (κ3) is 10.9. The zero-order valence-electron chi connectivity index (χ0n) is 43.3. The van der Waals surface area contributed by atoms with Crippen molar-refractivity contribution in [1.29, 1.82) is 0 Å². The van der Waals surface area contributed by atoms with Gasteiger partial charge < -0.3 is 64.2 Å². The molecule has 0 spiro atoms. The summed E-state index contributed by atoms with van der Waals surface area (Å²) >= 11 is 14.2. The van der Waals surface area contributed by atoms with E-state index in [9.17, 15) is 9.59 Å². The van der Waals surface area contributed by atoms with Gasteiger partial charge in [-0.15, -0.1) is 0 Å². The molecule has 6 aromatic rings. The van der Waals surface area contributed by atoms with E-state index in [4.69, 9.17) is 71.3 Å². The predicted octanol–water partition coefficient (Wildman–Crippen LogP) is 6.40. The van der Waals surface area contributed by atoms with Crippen molar-refractivity contribution in [1.82, 2.24) is 40.5 Å². The first-order valence-corrected chi connectivity index (χ1v) is 25.7. The number of fused-ring (bicyclic) bond motifs is 2. The van der Waals surface area contributed by atoms with Crippen molar-refractivity contribution in [3.05, 3.63) is 83.6 Å². The third-order valence-corrected chi connectivity index (χ3v) is 14.5. The lowest BCUT2D eigenvalue weighted by Crippen LogP contribution is -2.53. The average Bonchev–Trinajstić information content (AvgIpc) is 4.17. The number of rotatable bonds is 20. The van der Waals surface area contributed by atoms with E-state index in [1.54, 1.807) is 18.3 Å². The number of halogens is 4. The average molecular weight is 1110 g/mol. The van der Waals surface area contributed by atoms with Gasteiger partial charge in [-0.05, 0) is 29.7 Å². The number of aromatic nitrogens is 6. The monoisotopic (exact) mass is 1110 g/mol. The van der Waals surface area contributed by atoms with Crippen LogP contribution in [-0.4, -0.2) is 159 Å². The second-order valence-electron chi connectivity index (χ2n) is 19.8. The molecule has 0 bridgehead atoms. The number of nitrogens with zero attached hydrogens (tertiary/aromatic N) is 8. The highest BCUT2D eigenvalue weighted by Gasteiger charge is 2.38. The number of hydrogen-bond acceptors (Lipinski definition) is 19. The van der Waals surface area contributed by atoms with E-state index in [0.717, 1.165) is 24.5 Å². The van der Waals surface area contributed by atoms with Crippen LogP contribution in [-0.2, 0) is 23.8 Å². The predicted molar refractivity (Wildman–Crippen MR) is 289 cm³/mol. The van der Waals surface area contributed by atoms with Gasteiger partial charge in [0.25, 0.3) is 0 Å². The van der Waals surface area contributed by atoms with Gasteiger partial charge in [0.05, 0.1) is 129 Å². The standard InChI is InChI=1S/C53H56Cl2F2N12O9/c1-8-41(70)62-33-22-75-20-31(33)60-39-12-27-29(16-58-39)65-50(44-47(56)37(73-6)15-38(74-7)48(44)57)67-51(27)68-18-26(19-68)77-10-11-78-36-14-35(72-5)45(54)43(46(36)55)49-64-30-17-59-40(61-32-21-76-23-34(32)63-42(71)9-2)13-28(30)52(66-49)69-24-53(3,4)25-69/h8-9,12-17,26,31-34H,1-2,10-11,18-25H2,3-7H3,(H,58,60)(H,59,61)(H,62,70)(H,63,71)/t31-,32-,33+,34+/m1/s1. The molecule has 0 radical (unpaired) electrons. The van der Waals surface area contributed by atoms with Crippen LogP contribution < -0.4 is 50.0 Å². The molecule has 4 N–H and O–H groups in total. The van der Waals surface area contributed by atoms with Crippen molar-refractivity contribution in [3.8, 4) is 45.8 Å². The Hall–Kier alpha value is -7.44. The minimum absolute atomic E-state index is 0.0424. The van der Waals surface area contributed by atoms with Crippen LogP contribution in [0.1, 0.15) is 13.8 Å². The van der Waals surface area contributed by atoms with Crippen LogP contribution in [0.3, 0.4) is 0 Å². The number of ether oxygens (including phenoxy) is 7. The first kappa shape index (κ1) is 53.9. The molecule has 25 heteroatoms.